The summed E-state index contributed by atoms with van der Waals surface area (Å²) in [4.78, 5) is 4.39. The molecule has 18 heavy (non-hydrogen) atoms. The minimum Gasteiger partial charge on any atom is -0.427 e. The van der Waals surface area contributed by atoms with E-state index in [1.54, 1.807) is 0 Å². The van der Waals surface area contributed by atoms with Gasteiger partial charge in [-0.2, -0.15) is 9.36 Å². The summed E-state index contributed by atoms with van der Waals surface area (Å²) in [6.07, 6.45) is 2.38. The Morgan fingerprint density at radius 3 is 2.89 bits per heavy atom. The fourth-order valence-electron chi connectivity index (χ4n) is 1.75. The topological polar surface area (TPSA) is 61.0 Å². The Morgan fingerprint density at radius 1 is 1.44 bits per heavy atom. The van der Waals surface area contributed by atoms with Crippen LogP contribution in [0.5, 0.6) is 10.9 Å². The number of halogens is 1. The van der Waals surface area contributed by atoms with E-state index >= 15 is 0 Å². The first-order chi connectivity index (χ1) is 8.63. The molecule has 3 rings (SSSR count). The van der Waals surface area contributed by atoms with Crippen LogP contribution in [-0.4, -0.2) is 9.36 Å². The normalized spacial score (nSPS) is 14.8. The number of aromatic nitrogens is 2. The summed E-state index contributed by atoms with van der Waals surface area (Å²) < 4.78 is 11.0. The number of nitrogens with two attached hydrogens (primary N) is 1. The van der Waals surface area contributed by atoms with E-state index in [1.807, 2.05) is 19.1 Å². The monoisotopic (exact) mass is 325 g/mol. The number of hydrogen-bond acceptors (Lipinski definition) is 5. The average molecular weight is 326 g/mol. The zero-order chi connectivity index (χ0) is 12.7. The Balaban J connectivity index is 1.86. The summed E-state index contributed by atoms with van der Waals surface area (Å²) in [6, 6.07) is 3.79. The molecular formula is C12H12BrN3OS. The van der Waals surface area contributed by atoms with Crippen molar-refractivity contribution >= 4 is 33.1 Å². The fourth-order valence-corrected chi connectivity index (χ4v) is 2.96. The highest BCUT2D eigenvalue weighted by Crippen LogP contribution is 2.41. The van der Waals surface area contributed by atoms with E-state index in [4.69, 9.17) is 10.5 Å². The van der Waals surface area contributed by atoms with Crippen molar-refractivity contribution < 1.29 is 4.74 Å². The minimum atomic E-state index is 0.543. The van der Waals surface area contributed by atoms with Gasteiger partial charge in [0.05, 0.1) is 5.69 Å². The lowest BCUT2D eigenvalue weighted by Crippen LogP contribution is -1.95. The van der Waals surface area contributed by atoms with Crippen LogP contribution in [0.2, 0.25) is 0 Å². The van der Waals surface area contributed by atoms with Crippen molar-refractivity contribution in [2.45, 2.75) is 25.7 Å². The smallest absolute Gasteiger partial charge is 0.298 e. The molecule has 1 aliphatic carbocycles. The highest BCUT2D eigenvalue weighted by atomic mass is 79.9. The van der Waals surface area contributed by atoms with Crippen LogP contribution in [0.3, 0.4) is 0 Å². The Bertz CT molecular complexity index is 572. The van der Waals surface area contributed by atoms with Crippen LogP contribution in [-0.2, 0) is 0 Å². The molecule has 1 saturated carbocycles. The molecule has 4 nitrogen and oxygen atoms in total. The van der Waals surface area contributed by atoms with E-state index < -0.39 is 0 Å². The van der Waals surface area contributed by atoms with Gasteiger partial charge in [0.1, 0.15) is 5.82 Å². The maximum atomic E-state index is 5.95. The number of anilines is 1. The van der Waals surface area contributed by atoms with Crippen LogP contribution in [0.15, 0.2) is 16.6 Å². The number of aryl methyl sites for hydroxylation is 1. The molecule has 1 aromatic carbocycles. The van der Waals surface area contributed by atoms with Crippen molar-refractivity contribution in [2.75, 3.05) is 5.73 Å². The molecule has 1 fully saturated rings. The lowest BCUT2D eigenvalue weighted by Gasteiger charge is -2.09. The molecule has 0 amide bonds. The second-order valence-electron chi connectivity index (χ2n) is 4.44. The molecule has 94 valence electrons. The third-order valence-electron chi connectivity index (χ3n) is 2.82. The first kappa shape index (κ1) is 11.9. The SMILES string of the molecule is Cc1cc(Br)cc(N)c1Oc1nc(C2CC2)ns1. The molecule has 1 aliphatic rings. The van der Waals surface area contributed by atoms with Crippen LogP contribution >= 0.6 is 27.5 Å². The maximum Gasteiger partial charge on any atom is 0.298 e. The van der Waals surface area contributed by atoms with Crippen LogP contribution in [0.1, 0.15) is 30.1 Å². The van der Waals surface area contributed by atoms with Crippen molar-refractivity contribution in [1.29, 1.82) is 0 Å². The summed E-state index contributed by atoms with van der Waals surface area (Å²) in [5.41, 5.74) is 7.53. The van der Waals surface area contributed by atoms with Gasteiger partial charge in [0.25, 0.3) is 5.19 Å². The lowest BCUT2D eigenvalue weighted by atomic mass is 10.2. The molecule has 1 aromatic heterocycles. The number of rotatable bonds is 3. The third kappa shape index (κ3) is 2.35. The number of benzene rings is 1. The summed E-state index contributed by atoms with van der Waals surface area (Å²) >= 11 is 4.69. The summed E-state index contributed by atoms with van der Waals surface area (Å²) in [6.45, 7) is 1.96. The Labute approximate surface area is 117 Å². The van der Waals surface area contributed by atoms with Crippen molar-refractivity contribution in [3.8, 4) is 10.9 Å². The van der Waals surface area contributed by atoms with Gasteiger partial charge >= 0.3 is 0 Å². The van der Waals surface area contributed by atoms with Crippen molar-refractivity contribution in [3.63, 3.8) is 0 Å². The third-order valence-corrected chi connectivity index (χ3v) is 3.89. The van der Waals surface area contributed by atoms with Gasteiger partial charge in [-0.15, -0.1) is 0 Å². The van der Waals surface area contributed by atoms with Gasteiger partial charge < -0.3 is 10.5 Å². The van der Waals surface area contributed by atoms with Crippen LogP contribution in [0, 0.1) is 6.92 Å². The number of ether oxygens (including phenoxy) is 1. The second kappa shape index (κ2) is 4.51. The second-order valence-corrected chi connectivity index (χ2v) is 6.07. The van der Waals surface area contributed by atoms with Crippen molar-refractivity contribution in [2.24, 2.45) is 0 Å². The van der Waals surface area contributed by atoms with E-state index in [0.717, 1.165) is 15.9 Å². The minimum absolute atomic E-state index is 0.543. The predicted octanol–water partition coefficient (Wildman–Crippen LogP) is 3.86. The Morgan fingerprint density at radius 2 is 2.22 bits per heavy atom. The van der Waals surface area contributed by atoms with Gasteiger partial charge in [-0.3, -0.25) is 0 Å². The molecule has 2 aromatic rings. The van der Waals surface area contributed by atoms with Crippen molar-refractivity contribution in [1.82, 2.24) is 9.36 Å². The first-order valence-corrected chi connectivity index (χ1v) is 7.27. The van der Waals surface area contributed by atoms with Gasteiger partial charge in [0.15, 0.2) is 5.75 Å². The number of nitrogens with zero attached hydrogens (tertiary/aromatic N) is 2. The first-order valence-electron chi connectivity index (χ1n) is 5.70. The Hall–Kier alpha value is -1.14. The molecule has 0 saturated heterocycles. The predicted molar refractivity (Wildman–Crippen MR) is 75.2 cm³/mol. The van der Waals surface area contributed by atoms with Crippen LogP contribution < -0.4 is 10.5 Å². The molecule has 0 radical (unpaired) electrons. The molecule has 2 N–H and O–H groups in total. The molecule has 0 unspecified atom stereocenters. The molecule has 0 atom stereocenters. The number of hydrogen-bond donors (Lipinski definition) is 1. The molecular weight excluding hydrogens is 314 g/mol. The average Bonchev–Trinajstić information content (AvgIpc) is 3.04. The van der Waals surface area contributed by atoms with Gasteiger partial charge in [-0.05, 0) is 37.5 Å². The highest BCUT2D eigenvalue weighted by Gasteiger charge is 2.28. The highest BCUT2D eigenvalue weighted by molar-refractivity contribution is 9.10. The molecule has 1 heterocycles. The standard InChI is InChI=1S/C12H12BrN3OS/c1-6-4-8(13)5-9(14)10(6)17-12-15-11(16-18-12)7-2-3-7/h4-5,7H,2-3,14H2,1H3. The largest absolute Gasteiger partial charge is 0.427 e. The molecule has 0 spiro atoms. The zero-order valence-electron chi connectivity index (χ0n) is 9.81. The van der Waals surface area contributed by atoms with E-state index in [2.05, 4.69) is 25.3 Å². The Kier molecular flexibility index (Phi) is 2.99. The molecule has 0 aliphatic heterocycles. The quantitative estimate of drug-likeness (QED) is 0.870. The number of nitrogen functional groups attached to an aromatic ring is 1. The van der Waals surface area contributed by atoms with Crippen molar-refractivity contribution in [3.05, 3.63) is 28.0 Å². The van der Waals surface area contributed by atoms with E-state index in [0.29, 0.717) is 22.5 Å². The fraction of sp³-hybridized carbons (Fsp3) is 0.333. The van der Waals surface area contributed by atoms with Gasteiger partial charge in [-0.1, -0.05) is 15.9 Å². The zero-order valence-corrected chi connectivity index (χ0v) is 12.2. The van der Waals surface area contributed by atoms with E-state index in [9.17, 15) is 0 Å². The van der Waals surface area contributed by atoms with Gasteiger partial charge in [-0.25, -0.2) is 0 Å². The summed E-state index contributed by atoms with van der Waals surface area (Å²) in [5, 5.41) is 0.564. The molecule has 6 heteroatoms. The summed E-state index contributed by atoms with van der Waals surface area (Å²) in [7, 11) is 0. The van der Waals surface area contributed by atoms with E-state index in [-0.39, 0.29) is 0 Å². The van der Waals surface area contributed by atoms with Crippen LogP contribution in [0.4, 0.5) is 5.69 Å². The molecule has 0 bridgehead atoms. The maximum absolute atomic E-state index is 5.95. The summed E-state index contributed by atoms with van der Waals surface area (Å²) in [5.74, 6) is 2.11. The van der Waals surface area contributed by atoms with Gasteiger partial charge in [0.2, 0.25) is 0 Å². The lowest BCUT2D eigenvalue weighted by molar-refractivity contribution is 0.475. The van der Waals surface area contributed by atoms with Gasteiger partial charge in [0, 0.05) is 21.9 Å². The van der Waals surface area contributed by atoms with E-state index in [1.165, 1.54) is 24.4 Å². The van der Waals surface area contributed by atoms with Crippen LogP contribution in [0.25, 0.3) is 0 Å².